The molecule has 3 heterocycles. The Kier molecular flexibility index (Phi) is 4.86. The minimum Gasteiger partial charge on any atom is -0.379 e. The van der Waals surface area contributed by atoms with Gasteiger partial charge in [0.2, 0.25) is 5.65 Å². The van der Waals surface area contributed by atoms with Gasteiger partial charge in [-0.3, -0.25) is 4.90 Å². The van der Waals surface area contributed by atoms with E-state index in [-0.39, 0.29) is 11.1 Å². The number of aromatic amines is 1. The van der Waals surface area contributed by atoms with Gasteiger partial charge in [-0.2, -0.15) is 0 Å². The van der Waals surface area contributed by atoms with Crippen molar-refractivity contribution in [1.29, 1.82) is 0 Å². The number of rotatable bonds is 5. The number of morpholine rings is 1. The lowest BCUT2D eigenvalue weighted by atomic mass is 9.93. The van der Waals surface area contributed by atoms with Crippen molar-refractivity contribution in [3.05, 3.63) is 22.4 Å². The maximum Gasteiger partial charge on any atom is 0.347 e. The summed E-state index contributed by atoms with van der Waals surface area (Å²) < 4.78 is 6.89. The first-order valence-electron chi connectivity index (χ1n) is 8.47. The summed E-state index contributed by atoms with van der Waals surface area (Å²) in [5.74, 6) is 0.655. The van der Waals surface area contributed by atoms with Crippen LogP contribution in [0.2, 0.25) is 0 Å². The monoisotopic (exact) mass is 334 g/mol. The molecule has 0 saturated carbocycles. The first-order valence-corrected chi connectivity index (χ1v) is 8.47. The molecular formula is C16H26N6O2. The molecule has 1 fully saturated rings. The Bertz CT molecular complexity index is 739. The van der Waals surface area contributed by atoms with Gasteiger partial charge in [0.25, 0.3) is 0 Å². The molecular weight excluding hydrogens is 308 g/mol. The molecule has 0 atom stereocenters. The molecule has 8 heteroatoms. The van der Waals surface area contributed by atoms with Crippen LogP contribution >= 0.6 is 0 Å². The molecule has 0 unspecified atom stereocenters. The summed E-state index contributed by atoms with van der Waals surface area (Å²) in [6.45, 7) is 11.7. The Labute approximate surface area is 141 Å². The summed E-state index contributed by atoms with van der Waals surface area (Å²) in [5.41, 5.74) is 1.01. The maximum absolute atomic E-state index is 11.9. The molecule has 24 heavy (non-hydrogen) atoms. The van der Waals surface area contributed by atoms with Gasteiger partial charge in [-0.1, -0.05) is 20.8 Å². The third-order valence-electron chi connectivity index (χ3n) is 4.22. The van der Waals surface area contributed by atoms with E-state index in [0.717, 1.165) is 51.5 Å². The predicted octanol–water partition coefficient (Wildman–Crippen LogP) is 0.849. The van der Waals surface area contributed by atoms with Crippen LogP contribution in [0, 0.1) is 0 Å². The highest BCUT2D eigenvalue weighted by Crippen LogP contribution is 2.22. The van der Waals surface area contributed by atoms with E-state index in [1.807, 2.05) is 0 Å². The zero-order valence-electron chi connectivity index (χ0n) is 14.6. The van der Waals surface area contributed by atoms with Crippen molar-refractivity contribution in [3.63, 3.8) is 0 Å². The summed E-state index contributed by atoms with van der Waals surface area (Å²) in [7, 11) is 0. The lowest BCUT2D eigenvalue weighted by Gasteiger charge is -2.26. The van der Waals surface area contributed by atoms with Crippen LogP contribution in [0.5, 0.6) is 0 Å². The van der Waals surface area contributed by atoms with Gasteiger partial charge >= 0.3 is 5.69 Å². The first-order chi connectivity index (χ1) is 11.4. The Morgan fingerprint density at radius 3 is 2.79 bits per heavy atom. The standard InChI is InChI=1S/C16H26N6O2/c1-16(2,3)12-11-22-14(19-20-15(22)23)13(18-12)17-5-4-6-21-7-9-24-10-8-21/h11H,4-10H2,1-3H3,(H,17,18)(H,20,23). The highest BCUT2D eigenvalue weighted by molar-refractivity contribution is 5.62. The zero-order chi connectivity index (χ0) is 17.2. The van der Waals surface area contributed by atoms with Gasteiger partial charge in [0.1, 0.15) is 0 Å². The average Bonchev–Trinajstić information content (AvgIpc) is 2.93. The number of anilines is 1. The topological polar surface area (TPSA) is 87.5 Å². The summed E-state index contributed by atoms with van der Waals surface area (Å²) in [6, 6.07) is 0. The van der Waals surface area contributed by atoms with Crippen molar-refractivity contribution in [1.82, 2.24) is 24.5 Å². The van der Waals surface area contributed by atoms with Crippen molar-refractivity contribution in [3.8, 4) is 0 Å². The van der Waals surface area contributed by atoms with E-state index in [1.54, 1.807) is 6.20 Å². The normalized spacial score (nSPS) is 16.6. The van der Waals surface area contributed by atoms with E-state index in [1.165, 1.54) is 4.40 Å². The number of nitrogens with one attached hydrogen (secondary N) is 2. The second-order valence-corrected chi connectivity index (χ2v) is 7.18. The van der Waals surface area contributed by atoms with E-state index in [4.69, 9.17) is 4.74 Å². The summed E-state index contributed by atoms with van der Waals surface area (Å²) in [5, 5.41) is 9.92. The second-order valence-electron chi connectivity index (χ2n) is 7.18. The van der Waals surface area contributed by atoms with E-state index >= 15 is 0 Å². The molecule has 2 aromatic heterocycles. The molecule has 0 radical (unpaired) electrons. The Hall–Kier alpha value is -1.93. The molecule has 8 nitrogen and oxygen atoms in total. The van der Waals surface area contributed by atoms with Crippen LogP contribution < -0.4 is 11.0 Å². The van der Waals surface area contributed by atoms with Crippen LogP contribution in [0.15, 0.2) is 11.0 Å². The lowest BCUT2D eigenvalue weighted by Crippen LogP contribution is -2.37. The van der Waals surface area contributed by atoms with Crippen LogP contribution in [0.3, 0.4) is 0 Å². The fraction of sp³-hybridized carbons (Fsp3) is 0.688. The number of hydrogen-bond donors (Lipinski definition) is 2. The molecule has 0 aromatic carbocycles. The highest BCUT2D eigenvalue weighted by atomic mass is 16.5. The number of nitrogens with zero attached hydrogens (tertiary/aromatic N) is 4. The Morgan fingerprint density at radius 1 is 1.33 bits per heavy atom. The minimum absolute atomic E-state index is 0.144. The Balaban J connectivity index is 1.70. The average molecular weight is 334 g/mol. The molecule has 2 aromatic rings. The Morgan fingerprint density at radius 2 is 2.08 bits per heavy atom. The van der Waals surface area contributed by atoms with Crippen LogP contribution in [-0.2, 0) is 10.2 Å². The second kappa shape index (κ2) is 6.90. The first kappa shape index (κ1) is 16.9. The summed E-state index contributed by atoms with van der Waals surface area (Å²) >= 11 is 0. The smallest absolute Gasteiger partial charge is 0.347 e. The zero-order valence-corrected chi connectivity index (χ0v) is 14.6. The summed E-state index contributed by atoms with van der Waals surface area (Å²) in [4.78, 5) is 19.0. The third kappa shape index (κ3) is 3.76. The van der Waals surface area contributed by atoms with E-state index in [9.17, 15) is 4.79 Å². The molecule has 0 amide bonds. The minimum atomic E-state index is -0.241. The number of ether oxygens (including phenoxy) is 1. The molecule has 0 spiro atoms. The van der Waals surface area contributed by atoms with Crippen molar-refractivity contribution < 1.29 is 4.74 Å². The summed E-state index contributed by atoms with van der Waals surface area (Å²) in [6.07, 6.45) is 2.77. The molecule has 3 rings (SSSR count). The van der Waals surface area contributed by atoms with E-state index < -0.39 is 0 Å². The molecule has 0 bridgehead atoms. The quantitative estimate of drug-likeness (QED) is 0.788. The predicted molar refractivity (Wildman–Crippen MR) is 92.7 cm³/mol. The molecule has 2 N–H and O–H groups in total. The number of aromatic nitrogens is 4. The lowest BCUT2D eigenvalue weighted by molar-refractivity contribution is 0.0378. The van der Waals surface area contributed by atoms with Gasteiger partial charge in [0, 0.05) is 31.2 Å². The van der Waals surface area contributed by atoms with Crippen molar-refractivity contribution in [2.75, 3.05) is 44.7 Å². The van der Waals surface area contributed by atoms with Crippen molar-refractivity contribution in [2.45, 2.75) is 32.6 Å². The largest absolute Gasteiger partial charge is 0.379 e. The number of fused-ring (bicyclic) bond motifs is 1. The molecule has 132 valence electrons. The fourth-order valence-corrected chi connectivity index (χ4v) is 2.73. The van der Waals surface area contributed by atoms with Gasteiger partial charge < -0.3 is 10.1 Å². The highest BCUT2D eigenvalue weighted by Gasteiger charge is 2.20. The fourth-order valence-electron chi connectivity index (χ4n) is 2.73. The van der Waals surface area contributed by atoms with Crippen LogP contribution in [0.1, 0.15) is 32.9 Å². The number of H-pyrrole nitrogens is 1. The van der Waals surface area contributed by atoms with Gasteiger partial charge in [-0.25, -0.2) is 19.3 Å². The SMILES string of the molecule is CC(C)(C)c1cn2c(=O)[nH]nc2c(NCCCN2CCOCC2)n1. The van der Waals surface area contributed by atoms with Crippen LogP contribution in [-0.4, -0.2) is 63.9 Å². The van der Waals surface area contributed by atoms with Crippen molar-refractivity contribution >= 4 is 11.5 Å². The molecule has 1 saturated heterocycles. The van der Waals surface area contributed by atoms with Gasteiger partial charge in [0.15, 0.2) is 5.82 Å². The maximum atomic E-state index is 11.9. The van der Waals surface area contributed by atoms with E-state index in [0.29, 0.717) is 11.5 Å². The molecule has 1 aliphatic heterocycles. The van der Waals surface area contributed by atoms with Gasteiger partial charge in [-0.15, -0.1) is 5.10 Å². The van der Waals surface area contributed by atoms with Gasteiger partial charge in [-0.05, 0) is 13.0 Å². The third-order valence-corrected chi connectivity index (χ3v) is 4.22. The van der Waals surface area contributed by atoms with Crippen molar-refractivity contribution in [2.24, 2.45) is 0 Å². The van der Waals surface area contributed by atoms with Crippen LogP contribution in [0.4, 0.5) is 5.82 Å². The van der Waals surface area contributed by atoms with Gasteiger partial charge in [0.05, 0.1) is 18.9 Å². The van der Waals surface area contributed by atoms with Crippen LogP contribution in [0.25, 0.3) is 5.65 Å². The molecule has 1 aliphatic rings. The molecule has 0 aliphatic carbocycles. The van der Waals surface area contributed by atoms with E-state index in [2.05, 4.69) is 46.2 Å². The number of hydrogen-bond acceptors (Lipinski definition) is 6.